The fourth-order valence-electron chi connectivity index (χ4n) is 12.2. The van der Waals surface area contributed by atoms with Crippen molar-refractivity contribution in [2.24, 2.45) is 0 Å². The van der Waals surface area contributed by atoms with Crippen molar-refractivity contribution in [1.82, 2.24) is 23.7 Å². The molecule has 0 aliphatic carbocycles. The van der Waals surface area contributed by atoms with E-state index in [9.17, 15) is 0 Å². The minimum Gasteiger partial charge on any atom is -0.309 e. The van der Waals surface area contributed by atoms with Crippen LogP contribution in [0.5, 0.6) is 0 Å². The fourth-order valence-corrected chi connectivity index (χ4v) is 12.2. The number of hydrogen-bond acceptors (Lipinski definition) is 2. The quantitative estimate of drug-likeness (QED) is 0.152. The second-order valence-electron chi connectivity index (χ2n) is 21.8. The Bertz CT molecular complexity index is 4530. The molecule has 0 radical (unpaired) electrons. The molecule has 4 aromatic heterocycles. The van der Waals surface area contributed by atoms with Crippen LogP contribution in [0.2, 0.25) is 0 Å². The highest BCUT2D eigenvalue weighted by Crippen LogP contribution is 2.46. The molecule has 0 amide bonds. The van der Waals surface area contributed by atoms with E-state index in [4.69, 9.17) is 9.97 Å². The third-order valence-corrected chi connectivity index (χ3v) is 16.0. The highest BCUT2D eigenvalue weighted by atomic mass is 15.0. The maximum absolute atomic E-state index is 5.52. The van der Waals surface area contributed by atoms with Gasteiger partial charge < -0.3 is 13.7 Å². The van der Waals surface area contributed by atoms with Gasteiger partial charge in [0.15, 0.2) is 5.82 Å². The van der Waals surface area contributed by atoms with Gasteiger partial charge in [0.05, 0.1) is 50.2 Å². The first-order chi connectivity index (χ1) is 38.8. The van der Waals surface area contributed by atoms with E-state index in [1.807, 2.05) is 6.07 Å². The van der Waals surface area contributed by atoms with Gasteiger partial charge in [-0.3, -0.25) is 0 Å². The van der Waals surface area contributed by atoms with E-state index in [-0.39, 0.29) is 5.41 Å². The molecule has 0 aliphatic rings. The number of fused-ring (bicyclic) bond motifs is 9. The molecule has 0 atom stereocenters. The number of nitrogens with zero attached hydrogens (tertiary/aromatic N) is 5. The molecule has 11 aromatic carbocycles. The number of aromatic nitrogens is 5. The fraction of sp³-hybridized carbons (Fsp3) is 0.0541. The topological polar surface area (TPSA) is 40.6 Å². The molecule has 4 heterocycles. The molecule has 0 fully saturated rings. The molecule has 0 aliphatic heterocycles. The summed E-state index contributed by atoms with van der Waals surface area (Å²) in [7, 11) is 0. The van der Waals surface area contributed by atoms with Gasteiger partial charge in [-0.15, -0.1) is 0 Å². The maximum Gasteiger partial charge on any atom is 0.160 e. The molecule has 79 heavy (non-hydrogen) atoms. The van der Waals surface area contributed by atoms with Crippen molar-refractivity contribution in [3.05, 3.63) is 272 Å². The summed E-state index contributed by atoms with van der Waals surface area (Å²) in [5.41, 5.74) is 20.4. The molecule has 0 unspecified atom stereocenters. The molecule has 5 heteroatoms. The van der Waals surface area contributed by atoms with Crippen molar-refractivity contribution in [2.75, 3.05) is 0 Å². The molecule has 0 N–H and O–H groups in total. The van der Waals surface area contributed by atoms with E-state index in [0.29, 0.717) is 5.82 Å². The Kier molecular flexibility index (Phi) is 10.7. The molecular weight excluding hydrogens is 959 g/mol. The molecule has 15 aromatic rings. The second-order valence-corrected chi connectivity index (χ2v) is 21.8. The highest BCUT2D eigenvalue weighted by molar-refractivity contribution is 6.13. The summed E-state index contributed by atoms with van der Waals surface area (Å²) >= 11 is 0. The van der Waals surface area contributed by atoms with Crippen molar-refractivity contribution >= 4 is 65.4 Å². The van der Waals surface area contributed by atoms with Gasteiger partial charge in [0, 0.05) is 71.5 Å². The molecule has 15 rings (SSSR count). The van der Waals surface area contributed by atoms with Gasteiger partial charge in [0.25, 0.3) is 0 Å². The highest BCUT2D eigenvalue weighted by Gasteiger charge is 2.26. The van der Waals surface area contributed by atoms with Crippen molar-refractivity contribution in [1.29, 1.82) is 0 Å². The summed E-state index contributed by atoms with van der Waals surface area (Å²) in [6, 6.07) is 97.1. The Hall–Kier alpha value is -10.1. The first-order valence-electron chi connectivity index (χ1n) is 27.2. The molecule has 0 saturated heterocycles. The minimum atomic E-state index is -0.0510. The largest absolute Gasteiger partial charge is 0.309 e. The molecule has 0 spiro atoms. The maximum atomic E-state index is 5.52. The lowest BCUT2D eigenvalue weighted by molar-refractivity contribution is 0.591. The number of benzene rings is 11. The molecule has 5 nitrogen and oxygen atoms in total. The zero-order chi connectivity index (χ0) is 52.8. The van der Waals surface area contributed by atoms with Crippen LogP contribution in [-0.4, -0.2) is 23.7 Å². The zero-order valence-electron chi connectivity index (χ0n) is 44.1. The van der Waals surface area contributed by atoms with Gasteiger partial charge >= 0.3 is 0 Å². The van der Waals surface area contributed by atoms with E-state index in [0.717, 1.165) is 100 Å². The number of para-hydroxylation sites is 5. The van der Waals surface area contributed by atoms with Crippen molar-refractivity contribution in [3.8, 4) is 73.2 Å². The van der Waals surface area contributed by atoms with Crippen LogP contribution in [0.25, 0.3) is 139 Å². The lowest BCUT2D eigenvalue weighted by Gasteiger charge is -2.23. The van der Waals surface area contributed by atoms with Gasteiger partial charge in [-0.1, -0.05) is 203 Å². The van der Waals surface area contributed by atoms with Crippen LogP contribution in [0.3, 0.4) is 0 Å². The van der Waals surface area contributed by atoms with Crippen LogP contribution >= 0.6 is 0 Å². The smallest absolute Gasteiger partial charge is 0.160 e. The molecule has 0 bridgehead atoms. The summed E-state index contributed by atoms with van der Waals surface area (Å²) in [4.78, 5) is 10.8. The van der Waals surface area contributed by atoms with Crippen LogP contribution in [0.4, 0.5) is 0 Å². The predicted molar refractivity (Wildman–Crippen MR) is 331 cm³/mol. The van der Waals surface area contributed by atoms with E-state index in [1.165, 1.54) is 37.9 Å². The van der Waals surface area contributed by atoms with Gasteiger partial charge in [0.1, 0.15) is 0 Å². The van der Waals surface area contributed by atoms with Gasteiger partial charge in [-0.05, 0) is 107 Å². The Balaban J connectivity index is 1.08. The Morgan fingerprint density at radius 1 is 0.278 bits per heavy atom. The van der Waals surface area contributed by atoms with Crippen molar-refractivity contribution in [3.63, 3.8) is 0 Å². The van der Waals surface area contributed by atoms with E-state index in [2.05, 4.69) is 295 Å². The summed E-state index contributed by atoms with van der Waals surface area (Å²) in [5, 5.41) is 7.33. The third-order valence-electron chi connectivity index (χ3n) is 16.0. The number of rotatable bonds is 8. The average Bonchev–Trinajstić information content (AvgIpc) is 4.21. The van der Waals surface area contributed by atoms with Gasteiger partial charge in [-0.2, -0.15) is 0 Å². The molecular formula is C74H53N5. The normalized spacial score (nSPS) is 12.0. The third kappa shape index (κ3) is 7.68. The minimum absolute atomic E-state index is 0.0510. The monoisotopic (exact) mass is 1010 g/mol. The predicted octanol–water partition coefficient (Wildman–Crippen LogP) is 19.4. The number of hydrogen-bond donors (Lipinski definition) is 0. The SMILES string of the molecule is CC(C)(C)c1ccc2c(c1)c1ccccc1n2-c1c(-c2cccc(-n3c4ccccc4c4ccccc43)c2)cc(-c2cc(-c3ccccc3)nc(-c3ccccc3)n2)cc1-c1cccc(-n2c3ccccc3c3ccccc32)c1. The van der Waals surface area contributed by atoms with Crippen molar-refractivity contribution in [2.45, 2.75) is 26.2 Å². The van der Waals surface area contributed by atoms with Crippen LogP contribution in [0, 0.1) is 0 Å². The molecule has 0 saturated carbocycles. The van der Waals surface area contributed by atoms with E-state index in [1.54, 1.807) is 0 Å². The van der Waals surface area contributed by atoms with Crippen LogP contribution < -0.4 is 0 Å². The Morgan fingerprint density at radius 2 is 0.658 bits per heavy atom. The van der Waals surface area contributed by atoms with Gasteiger partial charge in [0.2, 0.25) is 0 Å². The van der Waals surface area contributed by atoms with E-state index < -0.39 is 0 Å². The summed E-state index contributed by atoms with van der Waals surface area (Å²) in [6.07, 6.45) is 0. The average molecular weight is 1010 g/mol. The lowest BCUT2D eigenvalue weighted by Crippen LogP contribution is -2.10. The first-order valence-corrected chi connectivity index (χ1v) is 27.2. The Morgan fingerprint density at radius 3 is 1.13 bits per heavy atom. The van der Waals surface area contributed by atoms with Crippen molar-refractivity contribution < 1.29 is 0 Å². The summed E-state index contributed by atoms with van der Waals surface area (Å²) in [5.74, 6) is 0.669. The standard InChI is InChI=1S/C74H53N5/c1-74(2,3)53-40-41-71-63(46-53)60-34-14-19-39-70(60)79(71)72-61(50-26-20-28-54(42-50)77-66-35-15-10-30-56(66)57-31-11-16-36-67(57)77)44-52(65-47-64(48-22-6-4-7-23-48)75-73(76-65)49-24-8-5-9-25-49)45-62(72)51-27-21-29-55(43-51)78-68-37-17-12-32-58(68)59-33-13-18-38-69(59)78/h4-47H,1-3H3. The summed E-state index contributed by atoms with van der Waals surface area (Å²) < 4.78 is 7.38. The zero-order valence-corrected chi connectivity index (χ0v) is 44.1. The first kappa shape index (κ1) is 46.2. The Labute approximate surface area is 458 Å². The van der Waals surface area contributed by atoms with Crippen LogP contribution in [-0.2, 0) is 5.41 Å². The van der Waals surface area contributed by atoms with E-state index >= 15 is 0 Å². The van der Waals surface area contributed by atoms with Gasteiger partial charge in [-0.25, -0.2) is 9.97 Å². The molecule has 374 valence electrons. The van der Waals surface area contributed by atoms with Crippen LogP contribution in [0.1, 0.15) is 26.3 Å². The second kappa shape index (κ2) is 18.3. The lowest BCUT2D eigenvalue weighted by atomic mass is 9.86. The summed E-state index contributed by atoms with van der Waals surface area (Å²) in [6.45, 7) is 6.91. The van der Waals surface area contributed by atoms with Crippen LogP contribution in [0.15, 0.2) is 267 Å².